The van der Waals surface area contributed by atoms with Crippen LogP contribution in [0.4, 0.5) is 0 Å². The lowest BCUT2D eigenvalue weighted by atomic mass is 9.78. The van der Waals surface area contributed by atoms with E-state index in [1.165, 1.54) is 24.0 Å². The van der Waals surface area contributed by atoms with Crippen molar-refractivity contribution < 1.29 is 0 Å². The predicted octanol–water partition coefficient (Wildman–Crippen LogP) is 3.16. The third-order valence-electron chi connectivity index (χ3n) is 3.07. The Bertz CT molecular complexity index is 309. The van der Waals surface area contributed by atoms with Crippen molar-refractivity contribution in [2.24, 2.45) is 5.41 Å². The van der Waals surface area contributed by atoms with Crippen LogP contribution >= 0.6 is 0 Å². The highest BCUT2D eigenvalue weighted by molar-refractivity contribution is 5.33. The van der Waals surface area contributed by atoms with Gasteiger partial charge in [-0.3, -0.25) is 4.98 Å². The van der Waals surface area contributed by atoms with Crippen molar-refractivity contribution in [1.82, 2.24) is 4.98 Å². The molecule has 0 aliphatic heterocycles. The van der Waals surface area contributed by atoms with Crippen LogP contribution in [0, 0.1) is 5.41 Å². The number of pyridine rings is 1. The topological polar surface area (TPSA) is 12.9 Å². The van der Waals surface area contributed by atoms with Crippen LogP contribution in [0.5, 0.6) is 0 Å². The Morgan fingerprint density at radius 1 is 1.38 bits per heavy atom. The van der Waals surface area contributed by atoms with Crippen molar-refractivity contribution in [2.45, 2.75) is 39.5 Å². The van der Waals surface area contributed by atoms with Gasteiger partial charge in [-0.1, -0.05) is 20.8 Å². The van der Waals surface area contributed by atoms with Gasteiger partial charge in [-0.25, -0.2) is 0 Å². The molecule has 70 valence electrons. The maximum atomic E-state index is 4.22. The molecule has 0 radical (unpaired) electrons. The summed E-state index contributed by atoms with van der Waals surface area (Å²) in [4.78, 5) is 4.22. The second kappa shape index (κ2) is 2.83. The van der Waals surface area contributed by atoms with Gasteiger partial charge in [0.1, 0.15) is 0 Å². The van der Waals surface area contributed by atoms with Gasteiger partial charge in [0.05, 0.1) is 0 Å². The Balaban J connectivity index is 2.39. The first-order chi connectivity index (χ1) is 6.09. The summed E-state index contributed by atoms with van der Waals surface area (Å²) in [6, 6.07) is 2.17. The third kappa shape index (κ3) is 1.48. The van der Waals surface area contributed by atoms with Crippen LogP contribution in [-0.4, -0.2) is 4.98 Å². The van der Waals surface area contributed by atoms with E-state index in [1.807, 2.05) is 6.20 Å². The molecule has 0 saturated carbocycles. The molecule has 0 amide bonds. The van der Waals surface area contributed by atoms with Crippen LogP contribution in [0.2, 0.25) is 0 Å². The van der Waals surface area contributed by atoms with E-state index in [1.54, 1.807) is 0 Å². The SMILES string of the molecule is CC(C)(C)C1CCc2ccncc21. The monoisotopic (exact) mass is 175 g/mol. The van der Waals surface area contributed by atoms with E-state index < -0.39 is 0 Å². The predicted molar refractivity (Wildman–Crippen MR) is 54.8 cm³/mol. The van der Waals surface area contributed by atoms with Crippen molar-refractivity contribution >= 4 is 0 Å². The van der Waals surface area contributed by atoms with E-state index in [2.05, 4.69) is 38.0 Å². The van der Waals surface area contributed by atoms with Crippen LogP contribution < -0.4 is 0 Å². The summed E-state index contributed by atoms with van der Waals surface area (Å²) >= 11 is 0. The standard InChI is InChI=1S/C12H17N/c1-12(2,3)11-5-4-9-6-7-13-8-10(9)11/h6-8,11H,4-5H2,1-3H3. The van der Waals surface area contributed by atoms with Crippen molar-refractivity contribution in [3.05, 3.63) is 29.6 Å². The van der Waals surface area contributed by atoms with Gasteiger partial charge in [-0.15, -0.1) is 0 Å². The van der Waals surface area contributed by atoms with Crippen LogP contribution in [0.3, 0.4) is 0 Å². The van der Waals surface area contributed by atoms with E-state index >= 15 is 0 Å². The second-order valence-corrected chi connectivity index (χ2v) is 5.03. The number of nitrogens with zero attached hydrogens (tertiary/aromatic N) is 1. The molecule has 1 heterocycles. The lowest BCUT2D eigenvalue weighted by molar-refractivity contribution is 0.318. The molecule has 2 rings (SSSR count). The van der Waals surface area contributed by atoms with Crippen molar-refractivity contribution in [3.8, 4) is 0 Å². The van der Waals surface area contributed by atoms with Crippen LogP contribution in [0.25, 0.3) is 0 Å². The zero-order chi connectivity index (χ0) is 9.47. The molecule has 0 fully saturated rings. The molecule has 0 aromatic carbocycles. The zero-order valence-corrected chi connectivity index (χ0v) is 8.67. The summed E-state index contributed by atoms with van der Waals surface area (Å²) in [5.74, 6) is 0.705. The second-order valence-electron chi connectivity index (χ2n) is 5.03. The molecule has 0 saturated heterocycles. The Hall–Kier alpha value is -0.850. The number of hydrogen-bond donors (Lipinski definition) is 0. The highest BCUT2D eigenvalue weighted by Gasteiger charge is 2.31. The minimum atomic E-state index is 0.383. The highest BCUT2D eigenvalue weighted by Crippen LogP contribution is 2.44. The molecule has 1 aromatic rings. The van der Waals surface area contributed by atoms with Crippen molar-refractivity contribution in [2.75, 3.05) is 0 Å². The molecule has 1 aliphatic rings. The van der Waals surface area contributed by atoms with E-state index in [0.29, 0.717) is 11.3 Å². The van der Waals surface area contributed by atoms with Crippen LogP contribution in [0.1, 0.15) is 44.2 Å². The first kappa shape index (κ1) is 8.74. The summed E-state index contributed by atoms with van der Waals surface area (Å²) in [7, 11) is 0. The van der Waals surface area contributed by atoms with Gasteiger partial charge in [0.2, 0.25) is 0 Å². The van der Waals surface area contributed by atoms with Gasteiger partial charge in [-0.05, 0) is 41.4 Å². The number of hydrogen-bond acceptors (Lipinski definition) is 1. The summed E-state index contributed by atoms with van der Waals surface area (Å²) in [5.41, 5.74) is 3.37. The molecule has 13 heavy (non-hydrogen) atoms. The Morgan fingerprint density at radius 3 is 2.85 bits per heavy atom. The van der Waals surface area contributed by atoms with Crippen molar-refractivity contribution in [3.63, 3.8) is 0 Å². The van der Waals surface area contributed by atoms with E-state index in [9.17, 15) is 0 Å². The minimum absolute atomic E-state index is 0.383. The van der Waals surface area contributed by atoms with Gasteiger partial charge in [0.15, 0.2) is 0 Å². The first-order valence-electron chi connectivity index (χ1n) is 5.02. The lowest BCUT2D eigenvalue weighted by Gasteiger charge is -2.27. The molecular weight excluding hydrogens is 158 g/mol. The average Bonchev–Trinajstić information content (AvgIpc) is 2.45. The van der Waals surface area contributed by atoms with Crippen molar-refractivity contribution in [1.29, 1.82) is 0 Å². The Kier molecular flexibility index (Phi) is 1.90. The molecule has 1 aromatic heterocycles. The van der Waals surface area contributed by atoms with Crippen LogP contribution in [-0.2, 0) is 6.42 Å². The summed E-state index contributed by atoms with van der Waals surface area (Å²) in [6.45, 7) is 6.96. The zero-order valence-electron chi connectivity index (χ0n) is 8.67. The van der Waals surface area contributed by atoms with E-state index in [0.717, 1.165) is 0 Å². The number of aromatic nitrogens is 1. The van der Waals surface area contributed by atoms with Gasteiger partial charge < -0.3 is 0 Å². The molecule has 1 aliphatic carbocycles. The lowest BCUT2D eigenvalue weighted by Crippen LogP contribution is -2.15. The van der Waals surface area contributed by atoms with Gasteiger partial charge in [0, 0.05) is 12.4 Å². The Morgan fingerprint density at radius 2 is 2.15 bits per heavy atom. The fourth-order valence-electron chi connectivity index (χ4n) is 2.33. The molecule has 1 unspecified atom stereocenters. The quantitative estimate of drug-likeness (QED) is 0.590. The maximum absolute atomic E-state index is 4.22. The average molecular weight is 175 g/mol. The molecule has 0 bridgehead atoms. The summed E-state index contributed by atoms with van der Waals surface area (Å²) < 4.78 is 0. The molecule has 1 atom stereocenters. The first-order valence-corrected chi connectivity index (χ1v) is 5.02. The smallest absolute Gasteiger partial charge is 0.0305 e. The molecule has 0 spiro atoms. The van der Waals surface area contributed by atoms with Gasteiger partial charge in [0.25, 0.3) is 0 Å². The molecule has 1 nitrogen and oxygen atoms in total. The molecular formula is C12H17N. The Labute approximate surface area is 80.2 Å². The van der Waals surface area contributed by atoms with E-state index in [-0.39, 0.29) is 0 Å². The third-order valence-corrected chi connectivity index (χ3v) is 3.07. The fraction of sp³-hybridized carbons (Fsp3) is 0.583. The highest BCUT2D eigenvalue weighted by atomic mass is 14.6. The van der Waals surface area contributed by atoms with E-state index in [4.69, 9.17) is 0 Å². The molecule has 0 N–H and O–H groups in total. The normalized spacial score (nSPS) is 21.6. The summed E-state index contributed by atoms with van der Waals surface area (Å²) in [6.07, 6.45) is 6.49. The minimum Gasteiger partial charge on any atom is -0.264 e. The van der Waals surface area contributed by atoms with Gasteiger partial charge >= 0.3 is 0 Å². The number of rotatable bonds is 0. The summed E-state index contributed by atoms with van der Waals surface area (Å²) in [5, 5.41) is 0. The maximum Gasteiger partial charge on any atom is 0.0305 e. The van der Waals surface area contributed by atoms with Crippen LogP contribution in [0.15, 0.2) is 18.5 Å². The number of fused-ring (bicyclic) bond motifs is 1. The number of aryl methyl sites for hydroxylation is 1. The van der Waals surface area contributed by atoms with Gasteiger partial charge in [-0.2, -0.15) is 0 Å². The fourth-order valence-corrected chi connectivity index (χ4v) is 2.33. The largest absolute Gasteiger partial charge is 0.264 e. The molecule has 1 heteroatoms.